The molecule has 0 atom stereocenters. The molecule has 0 radical (unpaired) electrons. The van der Waals surface area contributed by atoms with E-state index in [0.717, 1.165) is 11.3 Å². The number of anilines is 1. The Balaban J connectivity index is 1.92. The highest BCUT2D eigenvalue weighted by Crippen LogP contribution is 2.18. The molecule has 0 spiro atoms. The number of aliphatic hydroxyl groups excluding tert-OH is 1. The first-order valence-electron chi connectivity index (χ1n) is 7.22. The maximum absolute atomic E-state index is 8.79. The fraction of sp³-hybridized carbons (Fsp3) is 0.133. The van der Waals surface area contributed by atoms with Gasteiger partial charge in [0.25, 0.3) is 0 Å². The molecule has 9 heteroatoms. The van der Waals surface area contributed by atoms with Crippen LogP contribution in [0.3, 0.4) is 0 Å². The Morgan fingerprint density at radius 2 is 2.12 bits per heavy atom. The van der Waals surface area contributed by atoms with E-state index in [1.807, 2.05) is 24.3 Å². The first-order chi connectivity index (χ1) is 11.7. The molecule has 0 fully saturated rings. The van der Waals surface area contributed by atoms with Gasteiger partial charge in [0.05, 0.1) is 18.5 Å². The van der Waals surface area contributed by atoms with E-state index in [1.165, 1.54) is 12.4 Å². The third-order valence-electron chi connectivity index (χ3n) is 3.33. The lowest BCUT2D eigenvalue weighted by atomic mass is 10.1. The minimum Gasteiger partial charge on any atom is -0.395 e. The van der Waals surface area contributed by atoms with Crippen molar-refractivity contribution in [1.29, 1.82) is 5.41 Å². The summed E-state index contributed by atoms with van der Waals surface area (Å²) < 4.78 is 1.58. The maximum Gasteiger partial charge on any atom is 0.222 e. The second-order valence-corrected chi connectivity index (χ2v) is 4.91. The van der Waals surface area contributed by atoms with Gasteiger partial charge in [-0.25, -0.2) is 4.98 Å². The number of fused-ring (bicyclic) bond motifs is 1. The van der Waals surface area contributed by atoms with Crippen LogP contribution in [0.25, 0.3) is 22.4 Å². The van der Waals surface area contributed by atoms with E-state index in [4.69, 9.17) is 16.2 Å². The van der Waals surface area contributed by atoms with Gasteiger partial charge in [0, 0.05) is 24.5 Å². The minimum absolute atomic E-state index is 0.0328. The summed E-state index contributed by atoms with van der Waals surface area (Å²) in [4.78, 5) is 8.05. The molecule has 5 N–H and O–H groups in total. The number of benzene rings is 1. The number of nitrogens with one attached hydrogen (secondary N) is 2. The number of rotatable bonds is 6. The van der Waals surface area contributed by atoms with Crippen molar-refractivity contribution in [3.63, 3.8) is 0 Å². The van der Waals surface area contributed by atoms with Crippen LogP contribution >= 0.6 is 0 Å². The van der Waals surface area contributed by atoms with Crippen LogP contribution < -0.4 is 11.1 Å². The zero-order valence-corrected chi connectivity index (χ0v) is 12.7. The van der Waals surface area contributed by atoms with E-state index in [0.29, 0.717) is 23.3 Å². The summed E-state index contributed by atoms with van der Waals surface area (Å²) >= 11 is 0. The van der Waals surface area contributed by atoms with Crippen molar-refractivity contribution >= 4 is 28.9 Å². The smallest absolute Gasteiger partial charge is 0.222 e. The van der Waals surface area contributed by atoms with Crippen molar-refractivity contribution in [3.05, 3.63) is 42.2 Å². The van der Waals surface area contributed by atoms with E-state index in [2.05, 4.69) is 25.6 Å². The number of allylic oxidation sites excluding steroid dienone is 1. The molecule has 0 saturated carbocycles. The molecule has 0 aliphatic heterocycles. The van der Waals surface area contributed by atoms with E-state index < -0.39 is 0 Å². The molecule has 0 aliphatic rings. The van der Waals surface area contributed by atoms with Crippen molar-refractivity contribution in [1.82, 2.24) is 30.3 Å². The molecule has 0 amide bonds. The monoisotopic (exact) mass is 324 g/mol. The van der Waals surface area contributed by atoms with E-state index in [1.54, 1.807) is 10.9 Å². The molecule has 3 rings (SSSR count). The van der Waals surface area contributed by atoms with Gasteiger partial charge in [-0.2, -0.15) is 9.67 Å². The number of aliphatic hydroxyl groups is 1. The summed E-state index contributed by atoms with van der Waals surface area (Å²) in [5.41, 5.74) is 9.04. The van der Waals surface area contributed by atoms with Crippen LogP contribution in [0, 0.1) is 5.41 Å². The molecule has 9 nitrogen and oxygen atoms in total. The average Bonchev–Trinajstić information content (AvgIpc) is 3.02. The van der Waals surface area contributed by atoms with Crippen molar-refractivity contribution < 1.29 is 5.11 Å². The Kier molecular flexibility index (Phi) is 4.43. The van der Waals surface area contributed by atoms with Gasteiger partial charge < -0.3 is 21.6 Å². The molecule has 0 unspecified atom stereocenters. The number of nitrogens with two attached hydrogens (primary N) is 1. The molecular formula is C15H16N8O. The van der Waals surface area contributed by atoms with Crippen molar-refractivity contribution in [2.45, 2.75) is 0 Å². The summed E-state index contributed by atoms with van der Waals surface area (Å²) in [5.74, 6) is 0.159. The van der Waals surface area contributed by atoms with Crippen LogP contribution in [0.2, 0.25) is 0 Å². The fourth-order valence-electron chi connectivity index (χ4n) is 2.17. The van der Waals surface area contributed by atoms with Gasteiger partial charge in [0.2, 0.25) is 5.95 Å². The molecule has 1 aromatic carbocycles. The Morgan fingerprint density at radius 1 is 1.33 bits per heavy atom. The Hall–Kier alpha value is -3.33. The third-order valence-corrected chi connectivity index (χ3v) is 3.33. The lowest BCUT2D eigenvalue weighted by molar-refractivity contribution is 0.298. The summed E-state index contributed by atoms with van der Waals surface area (Å²) in [7, 11) is 0. The SMILES string of the molecule is N=C/C(=C\NCCO)c1ccc(-n2nnc3cnc(N)nc32)cc1. The van der Waals surface area contributed by atoms with Crippen LogP contribution in [-0.4, -0.2) is 49.4 Å². The topological polar surface area (TPSA) is 139 Å². The summed E-state index contributed by atoms with van der Waals surface area (Å²) in [6, 6.07) is 7.44. The molecule has 0 aliphatic carbocycles. The van der Waals surface area contributed by atoms with Crippen LogP contribution in [0.5, 0.6) is 0 Å². The van der Waals surface area contributed by atoms with Crippen LogP contribution in [-0.2, 0) is 0 Å². The van der Waals surface area contributed by atoms with Gasteiger partial charge in [-0.1, -0.05) is 17.3 Å². The summed E-state index contributed by atoms with van der Waals surface area (Å²) in [5, 5.41) is 27.3. The number of hydrogen-bond donors (Lipinski definition) is 4. The average molecular weight is 324 g/mol. The van der Waals surface area contributed by atoms with Gasteiger partial charge in [0.15, 0.2) is 11.2 Å². The largest absolute Gasteiger partial charge is 0.395 e. The third kappa shape index (κ3) is 3.06. The van der Waals surface area contributed by atoms with E-state index in [9.17, 15) is 0 Å². The summed E-state index contributed by atoms with van der Waals surface area (Å²) in [6.45, 7) is 0.465. The number of nitrogens with zero attached hydrogens (tertiary/aromatic N) is 5. The molecule has 3 aromatic rings. The lowest BCUT2D eigenvalue weighted by Crippen LogP contribution is -2.11. The van der Waals surface area contributed by atoms with Crippen molar-refractivity contribution in [3.8, 4) is 5.69 Å². The molecule has 122 valence electrons. The summed E-state index contributed by atoms with van der Waals surface area (Å²) in [6.07, 6.45) is 4.47. The molecule has 2 heterocycles. The van der Waals surface area contributed by atoms with E-state index in [-0.39, 0.29) is 12.6 Å². The quantitative estimate of drug-likeness (QED) is 0.379. The zero-order chi connectivity index (χ0) is 16.9. The van der Waals surface area contributed by atoms with Crippen LogP contribution in [0.1, 0.15) is 5.56 Å². The van der Waals surface area contributed by atoms with Gasteiger partial charge in [0.1, 0.15) is 0 Å². The maximum atomic E-state index is 8.79. The van der Waals surface area contributed by atoms with E-state index >= 15 is 0 Å². The van der Waals surface area contributed by atoms with Crippen LogP contribution in [0.4, 0.5) is 5.95 Å². The molecule has 0 bridgehead atoms. The van der Waals surface area contributed by atoms with Gasteiger partial charge in [-0.3, -0.25) is 0 Å². The number of hydrogen-bond acceptors (Lipinski definition) is 8. The number of aromatic nitrogens is 5. The highest BCUT2D eigenvalue weighted by Gasteiger charge is 2.09. The fourth-order valence-corrected chi connectivity index (χ4v) is 2.17. The van der Waals surface area contributed by atoms with Gasteiger partial charge in [-0.05, 0) is 17.7 Å². The standard InChI is InChI=1S/C15H16N8O/c16-7-11(8-18-5-6-24)10-1-3-12(4-2-10)23-14-13(21-22-23)9-19-15(17)20-14/h1-4,7-9,16,18,24H,5-6H2,(H2,17,19,20)/b11-8+,16-7?. The van der Waals surface area contributed by atoms with Crippen LogP contribution in [0.15, 0.2) is 36.7 Å². The normalized spacial score (nSPS) is 11.6. The van der Waals surface area contributed by atoms with Gasteiger partial charge in [-0.15, -0.1) is 5.10 Å². The molecule has 2 aromatic heterocycles. The number of nitrogen functional groups attached to an aromatic ring is 1. The predicted octanol–water partition coefficient (Wildman–Crippen LogP) is 0.365. The zero-order valence-electron chi connectivity index (χ0n) is 12.7. The second-order valence-electron chi connectivity index (χ2n) is 4.91. The second kappa shape index (κ2) is 6.84. The Morgan fingerprint density at radius 3 is 2.83 bits per heavy atom. The van der Waals surface area contributed by atoms with Crippen molar-refractivity contribution in [2.24, 2.45) is 0 Å². The highest BCUT2D eigenvalue weighted by molar-refractivity contribution is 6.08. The molecule has 0 saturated heterocycles. The first kappa shape index (κ1) is 15.6. The Bertz CT molecular complexity index is 884. The molecular weight excluding hydrogens is 308 g/mol. The van der Waals surface area contributed by atoms with Gasteiger partial charge >= 0.3 is 0 Å². The first-order valence-corrected chi connectivity index (χ1v) is 7.22. The lowest BCUT2D eigenvalue weighted by Gasteiger charge is -2.06. The Labute approximate surface area is 137 Å². The highest BCUT2D eigenvalue weighted by atomic mass is 16.3. The van der Waals surface area contributed by atoms with Crippen molar-refractivity contribution in [2.75, 3.05) is 18.9 Å². The predicted molar refractivity (Wildman–Crippen MR) is 90.7 cm³/mol. The molecule has 24 heavy (non-hydrogen) atoms. The minimum atomic E-state index is 0.0328.